The molecule has 0 nitrogen and oxygen atoms in total. The Kier molecular flexibility index (Phi) is 2.10. The van der Waals surface area contributed by atoms with E-state index in [1.54, 1.807) is 0 Å². The molecule has 0 aromatic heterocycles. The Morgan fingerprint density at radius 1 is 1.56 bits per heavy atom. The van der Waals surface area contributed by atoms with Gasteiger partial charge in [0.2, 0.25) is 0 Å². The molecule has 0 radical (unpaired) electrons. The van der Waals surface area contributed by atoms with Crippen molar-refractivity contribution in [3.63, 3.8) is 0 Å². The van der Waals surface area contributed by atoms with Crippen LogP contribution in [0.15, 0.2) is 23.8 Å². The normalized spacial score (nSPS) is 23.7. The standard InChI is InChI=1S/C9H14/c1-3-5-9-7-4-6-8(9)2/h5H,2-4,6-7H2,1H3. The van der Waals surface area contributed by atoms with Crippen molar-refractivity contribution >= 4 is 0 Å². The minimum Gasteiger partial charge on any atom is -0.0956 e. The van der Waals surface area contributed by atoms with Crippen LogP contribution in [0.4, 0.5) is 0 Å². The van der Waals surface area contributed by atoms with Gasteiger partial charge >= 0.3 is 0 Å². The Hall–Kier alpha value is -0.520. The van der Waals surface area contributed by atoms with Gasteiger partial charge in [0.25, 0.3) is 0 Å². The molecule has 0 aromatic rings. The molecule has 0 N–H and O–H groups in total. The van der Waals surface area contributed by atoms with Gasteiger partial charge < -0.3 is 0 Å². The molecule has 0 aromatic carbocycles. The fourth-order valence-corrected chi connectivity index (χ4v) is 1.32. The van der Waals surface area contributed by atoms with Gasteiger partial charge in [-0.1, -0.05) is 25.2 Å². The van der Waals surface area contributed by atoms with Gasteiger partial charge in [-0.25, -0.2) is 0 Å². The quantitative estimate of drug-likeness (QED) is 0.501. The van der Waals surface area contributed by atoms with Crippen molar-refractivity contribution < 1.29 is 0 Å². The second kappa shape index (κ2) is 2.86. The second-order valence-electron chi connectivity index (χ2n) is 2.59. The van der Waals surface area contributed by atoms with Crippen LogP contribution >= 0.6 is 0 Å². The van der Waals surface area contributed by atoms with Crippen LogP contribution in [0.3, 0.4) is 0 Å². The topological polar surface area (TPSA) is 0 Å². The van der Waals surface area contributed by atoms with Crippen LogP contribution in [-0.2, 0) is 0 Å². The second-order valence-corrected chi connectivity index (χ2v) is 2.59. The smallest absolute Gasteiger partial charge is 0.0276 e. The molecule has 1 aliphatic rings. The zero-order chi connectivity index (χ0) is 6.69. The molecule has 1 saturated carbocycles. The predicted octanol–water partition coefficient (Wildman–Crippen LogP) is 3.06. The van der Waals surface area contributed by atoms with Crippen molar-refractivity contribution in [2.45, 2.75) is 32.6 Å². The van der Waals surface area contributed by atoms with Gasteiger partial charge in [0.1, 0.15) is 0 Å². The molecule has 0 unspecified atom stereocenters. The summed E-state index contributed by atoms with van der Waals surface area (Å²) in [5.41, 5.74) is 2.88. The molecular formula is C9H14. The highest BCUT2D eigenvalue weighted by Gasteiger charge is 2.09. The van der Waals surface area contributed by atoms with E-state index in [-0.39, 0.29) is 0 Å². The minimum absolute atomic E-state index is 1.16. The summed E-state index contributed by atoms with van der Waals surface area (Å²) >= 11 is 0. The largest absolute Gasteiger partial charge is 0.0956 e. The zero-order valence-electron chi connectivity index (χ0n) is 6.11. The first-order chi connectivity index (χ1) is 4.34. The molecule has 0 heterocycles. The molecule has 9 heavy (non-hydrogen) atoms. The highest BCUT2D eigenvalue weighted by molar-refractivity contribution is 5.31. The van der Waals surface area contributed by atoms with Crippen LogP contribution in [0.5, 0.6) is 0 Å². The SMILES string of the molecule is C=C1CCCC1=CCC. The van der Waals surface area contributed by atoms with Crippen molar-refractivity contribution in [2.75, 3.05) is 0 Å². The third-order valence-corrected chi connectivity index (χ3v) is 1.83. The van der Waals surface area contributed by atoms with Gasteiger partial charge in [0.05, 0.1) is 0 Å². The van der Waals surface area contributed by atoms with Crippen LogP contribution in [-0.4, -0.2) is 0 Å². The van der Waals surface area contributed by atoms with Crippen LogP contribution in [0, 0.1) is 0 Å². The van der Waals surface area contributed by atoms with Crippen LogP contribution < -0.4 is 0 Å². The lowest BCUT2D eigenvalue weighted by Crippen LogP contribution is -1.73. The van der Waals surface area contributed by atoms with Crippen LogP contribution in [0.2, 0.25) is 0 Å². The molecule has 0 bridgehead atoms. The van der Waals surface area contributed by atoms with E-state index in [1.807, 2.05) is 0 Å². The Bertz CT molecular complexity index is 140. The molecule has 0 spiro atoms. The number of hydrogen-bond donors (Lipinski definition) is 0. The summed E-state index contributed by atoms with van der Waals surface area (Å²) in [6.45, 7) is 6.17. The van der Waals surface area contributed by atoms with Gasteiger partial charge in [-0.2, -0.15) is 0 Å². The summed E-state index contributed by atoms with van der Waals surface area (Å²) in [4.78, 5) is 0. The van der Waals surface area contributed by atoms with Gasteiger partial charge in [-0.3, -0.25) is 0 Å². The fourth-order valence-electron chi connectivity index (χ4n) is 1.32. The number of allylic oxidation sites excluding steroid dienone is 3. The van der Waals surface area contributed by atoms with E-state index in [0.29, 0.717) is 0 Å². The minimum atomic E-state index is 1.16. The van der Waals surface area contributed by atoms with E-state index in [1.165, 1.54) is 30.4 Å². The summed E-state index contributed by atoms with van der Waals surface area (Å²) < 4.78 is 0. The van der Waals surface area contributed by atoms with Gasteiger partial charge in [0, 0.05) is 0 Å². The summed E-state index contributed by atoms with van der Waals surface area (Å²) in [5.74, 6) is 0. The molecule has 0 amide bonds. The molecular weight excluding hydrogens is 108 g/mol. The zero-order valence-corrected chi connectivity index (χ0v) is 6.11. The summed E-state index contributed by atoms with van der Waals surface area (Å²) in [7, 11) is 0. The van der Waals surface area contributed by atoms with Gasteiger partial charge in [-0.15, -0.1) is 0 Å². The van der Waals surface area contributed by atoms with E-state index in [9.17, 15) is 0 Å². The lowest BCUT2D eigenvalue weighted by molar-refractivity contribution is 0.931. The van der Waals surface area contributed by atoms with E-state index in [4.69, 9.17) is 0 Å². The van der Waals surface area contributed by atoms with E-state index in [0.717, 1.165) is 6.42 Å². The number of rotatable bonds is 1. The molecule has 50 valence electrons. The van der Waals surface area contributed by atoms with Crippen LogP contribution in [0.1, 0.15) is 32.6 Å². The monoisotopic (exact) mass is 122 g/mol. The molecule has 0 atom stereocenters. The third-order valence-electron chi connectivity index (χ3n) is 1.83. The van der Waals surface area contributed by atoms with Crippen molar-refractivity contribution in [3.05, 3.63) is 23.8 Å². The Balaban J connectivity index is 2.59. The summed E-state index contributed by atoms with van der Waals surface area (Å²) in [6, 6.07) is 0. The van der Waals surface area contributed by atoms with Crippen molar-refractivity contribution in [2.24, 2.45) is 0 Å². The van der Waals surface area contributed by atoms with Gasteiger partial charge in [-0.05, 0) is 31.3 Å². The lowest BCUT2D eigenvalue weighted by Gasteiger charge is -1.94. The fraction of sp³-hybridized carbons (Fsp3) is 0.556. The van der Waals surface area contributed by atoms with Gasteiger partial charge in [0.15, 0.2) is 0 Å². The lowest BCUT2D eigenvalue weighted by atomic mass is 10.1. The highest BCUT2D eigenvalue weighted by Crippen LogP contribution is 2.28. The molecule has 0 aliphatic heterocycles. The maximum absolute atomic E-state index is 3.99. The van der Waals surface area contributed by atoms with Crippen LogP contribution in [0.25, 0.3) is 0 Å². The maximum atomic E-state index is 3.99. The molecule has 1 aliphatic carbocycles. The summed E-state index contributed by atoms with van der Waals surface area (Å²) in [6.07, 6.45) is 7.28. The average molecular weight is 122 g/mol. The number of hydrogen-bond acceptors (Lipinski definition) is 0. The molecule has 0 saturated heterocycles. The summed E-state index contributed by atoms with van der Waals surface area (Å²) in [5, 5.41) is 0. The van der Waals surface area contributed by atoms with Crippen molar-refractivity contribution in [3.8, 4) is 0 Å². The Morgan fingerprint density at radius 2 is 2.33 bits per heavy atom. The van der Waals surface area contributed by atoms with E-state index in [2.05, 4.69) is 19.6 Å². The van der Waals surface area contributed by atoms with E-state index >= 15 is 0 Å². The Labute approximate surface area is 57.3 Å². The molecule has 0 heteroatoms. The van der Waals surface area contributed by atoms with Crippen molar-refractivity contribution in [1.29, 1.82) is 0 Å². The Morgan fingerprint density at radius 3 is 2.78 bits per heavy atom. The predicted molar refractivity (Wildman–Crippen MR) is 41.4 cm³/mol. The van der Waals surface area contributed by atoms with E-state index < -0.39 is 0 Å². The highest BCUT2D eigenvalue weighted by atomic mass is 14.1. The molecule has 1 rings (SSSR count). The first-order valence-electron chi connectivity index (χ1n) is 3.71. The first kappa shape index (κ1) is 6.60. The van der Waals surface area contributed by atoms with Crippen molar-refractivity contribution in [1.82, 2.24) is 0 Å². The third kappa shape index (κ3) is 1.44. The average Bonchev–Trinajstić information content (AvgIpc) is 2.18. The maximum Gasteiger partial charge on any atom is -0.0276 e. The molecule has 1 fully saturated rings. The first-order valence-corrected chi connectivity index (χ1v) is 3.71.